The second kappa shape index (κ2) is 9.58. The molecule has 4 heterocycles. The van der Waals surface area contributed by atoms with Crippen molar-refractivity contribution in [2.24, 2.45) is 5.41 Å². The van der Waals surface area contributed by atoms with Crippen LogP contribution in [0.2, 0.25) is 0 Å². The summed E-state index contributed by atoms with van der Waals surface area (Å²) in [5.41, 5.74) is -2.88. The number of benzene rings is 2. The van der Waals surface area contributed by atoms with Gasteiger partial charge in [-0.25, -0.2) is 13.6 Å². The van der Waals surface area contributed by atoms with E-state index in [9.17, 15) is 27.2 Å². The van der Waals surface area contributed by atoms with Crippen LogP contribution in [0, 0.1) is 17.0 Å². The minimum absolute atomic E-state index is 0.0706. The van der Waals surface area contributed by atoms with Gasteiger partial charge in [0.05, 0.1) is 24.3 Å². The van der Waals surface area contributed by atoms with Crippen LogP contribution in [-0.4, -0.2) is 65.5 Å². The summed E-state index contributed by atoms with van der Waals surface area (Å²) in [6, 6.07) is 3.36. The van der Waals surface area contributed by atoms with Gasteiger partial charge in [-0.3, -0.25) is 9.36 Å². The number of amides is 1. The standard InChI is InChI=1S/C27H23F5N4O3S/c1-2-20(37)34-5-7-35(8-6-34)24-17-10-18(27(30,31)32)21(16-4-3-15(28)9-19(16)29)23-22(17)36(25(38)33-24)11-26(14-40-23)12-39-13-26/h2-4,9-10H,1,5-8,11-14H2. The molecule has 210 valence electrons. The van der Waals surface area contributed by atoms with Gasteiger partial charge in [-0.2, -0.15) is 18.2 Å². The first-order valence-electron chi connectivity index (χ1n) is 12.5. The number of carbonyl (C=O) groups is 1. The van der Waals surface area contributed by atoms with Gasteiger partial charge in [-0.1, -0.05) is 6.58 Å². The summed E-state index contributed by atoms with van der Waals surface area (Å²) in [7, 11) is 0. The van der Waals surface area contributed by atoms with E-state index in [1.807, 2.05) is 0 Å². The molecule has 0 atom stereocenters. The molecule has 0 N–H and O–H groups in total. The lowest BCUT2D eigenvalue weighted by atomic mass is 9.88. The van der Waals surface area contributed by atoms with Crippen molar-refractivity contribution in [2.75, 3.05) is 50.0 Å². The molecule has 2 aromatic carbocycles. The zero-order valence-corrected chi connectivity index (χ0v) is 21.9. The van der Waals surface area contributed by atoms with Crippen molar-refractivity contribution in [3.8, 4) is 11.1 Å². The molecule has 1 spiro atoms. The van der Waals surface area contributed by atoms with Crippen molar-refractivity contribution in [1.29, 1.82) is 0 Å². The van der Waals surface area contributed by atoms with Gasteiger partial charge in [0.2, 0.25) is 5.91 Å². The van der Waals surface area contributed by atoms with Crippen LogP contribution in [0.5, 0.6) is 0 Å². The lowest BCUT2D eigenvalue weighted by Crippen LogP contribution is -2.50. The number of hydrogen-bond donors (Lipinski definition) is 0. The second-order valence-corrected chi connectivity index (χ2v) is 11.2. The van der Waals surface area contributed by atoms with E-state index in [0.29, 0.717) is 25.0 Å². The second-order valence-electron chi connectivity index (χ2n) is 10.2. The molecule has 7 nitrogen and oxygen atoms in total. The molecule has 13 heteroatoms. The highest BCUT2D eigenvalue weighted by Crippen LogP contribution is 2.51. The van der Waals surface area contributed by atoms with Crippen LogP contribution in [0.25, 0.3) is 22.0 Å². The van der Waals surface area contributed by atoms with Crippen LogP contribution in [0.4, 0.5) is 27.8 Å². The molecule has 0 unspecified atom stereocenters. The molecule has 1 amide bonds. The maximum absolute atomic E-state index is 15.1. The maximum Gasteiger partial charge on any atom is 0.417 e. The van der Waals surface area contributed by atoms with E-state index in [0.717, 1.165) is 30.0 Å². The third kappa shape index (κ3) is 4.35. The number of nitrogens with zero attached hydrogens (tertiary/aromatic N) is 4. The van der Waals surface area contributed by atoms with E-state index in [1.165, 1.54) is 10.6 Å². The number of rotatable bonds is 3. The van der Waals surface area contributed by atoms with E-state index < -0.39 is 45.6 Å². The van der Waals surface area contributed by atoms with Crippen LogP contribution in [0.15, 0.2) is 46.6 Å². The fraction of sp³-hybridized carbons (Fsp3) is 0.370. The van der Waals surface area contributed by atoms with Gasteiger partial charge in [0, 0.05) is 71.4 Å². The first-order valence-corrected chi connectivity index (χ1v) is 13.5. The van der Waals surface area contributed by atoms with Crippen molar-refractivity contribution < 1.29 is 31.5 Å². The molecule has 6 rings (SSSR count). The van der Waals surface area contributed by atoms with Crippen LogP contribution in [-0.2, 0) is 22.3 Å². The smallest absolute Gasteiger partial charge is 0.380 e. The topological polar surface area (TPSA) is 67.7 Å². The first kappa shape index (κ1) is 26.8. The summed E-state index contributed by atoms with van der Waals surface area (Å²) in [4.78, 5) is 33.1. The van der Waals surface area contributed by atoms with E-state index in [-0.39, 0.29) is 60.2 Å². The Morgan fingerprint density at radius 2 is 1.85 bits per heavy atom. The summed E-state index contributed by atoms with van der Waals surface area (Å²) < 4.78 is 79.7. The van der Waals surface area contributed by atoms with Gasteiger partial charge in [0.1, 0.15) is 17.5 Å². The molecule has 0 saturated carbocycles. The Kier molecular flexibility index (Phi) is 6.41. The molecular weight excluding hydrogens is 555 g/mol. The predicted octanol–water partition coefficient (Wildman–Crippen LogP) is 4.32. The van der Waals surface area contributed by atoms with Gasteiger partial charge < -0.3 is 14.5 Å². The molecule has 3 aromatic rings. The number of piperazine rings is 1. The quantitative estimate of drug-likeness (QED) is 0.341. The lowest BCUT2D eigenvalue weighted by Gasteiger charge is -2.40. The molecule has 40 heavy (non-hydrogen) atoms. The molecule has 2 saturated heterocycles. The SMILES string of the molecule is C=CC(=O)N1CCN(c2nc(=O)n3c4c(c(-c5ccc(F)cc5F)c(C(F)(F)F)cc24)SCC2(COC2)C3)CC1. The van der Waals surface area contributed by atoms with E-state index >= 15 is 4.39 Å². The molecule has 0 radical (unpaired) electrons. The zero-order valence-electron chi connectivity index (χ0n) is 21.1. The van der Waals surface area contributed by atoms with Gasteiger partial charge in [-0.05, 0) is 24.3 Å². The van der Waals surface area contributed by atoms with E-state index in [2.05, 4.69) is 11.6 Å². The minimum Gasteiger partial charge on any atom is -0.380 e. The van der Waals surface area contributed by atoms with Gasteiger partial charge >= 0.3 is 11.9 Å². The summed E-state index contributed by atoms with van der Waals surface area (Å²) in [6.07, 6.45) is -3.71. The number of anilines is 1. The number of carbonyl (C=O) groups excluding carboxylic acids is 1. The predicted molar refractivity (Wildman–Crippen MR) is 139 cm³/mol. The Hall–Kier alpha value is -3.45. The highest BCUT2D eigenvalue weighted by atomic mass is 32.2. The molecule has 0 aliphatic carbocycles. The Bertz CT molecular complexity index is 1610. The number of hydrogen-bond acceptors (Lipinski definition) is 6. The number of ether oxygens (including phenoxy) is 1. The fourth-order valence-electron chi connectivity index (χ4n) is 5.54. The summed E-state index contributed by atoms with van der Waals surface area (Å²) in [5.74, 6) is -1.93. The maximum atomic E-state index is 15.1. The van der Waals surface area contributed by atoms with Crippen LogP contribution >= 0.6 is 11.8 Å². The largest absolute Gasteiger partial charge is 0.417 e. The third-order valence-electron chi connectivity index (χ3n) is 7.60. The number of halogens is 5. The van der Waals surface area contributed by atoms with Crippen LogP contribution < -0.4 is 10.6 Å². The molecule has 2 fully saturated rings. The Morgan fingerprint density at radius 1 is 1.12 bits per heavy atom. The summed E-state index contributed by atoms with van der Waals surface area (Å²) in [6.45, 7) is 5.30. The van der Waals surface area contributed by atoms with Crippen molar-refractivity contribution in [2.45, 2.75) is 17.6 Å². The Labute approximate surface area is 229 Å². The highest BCUT2D eigenvalue weighted by molar-refractivity contribution is 7.99. The summed E-state index contributed by atoms with van der Waals surface area (Å²) >= 11 is 1.11. The van der Waals surface area contributed by atoms with E-state index in [4.69, 9.17) is 4.74 Å². The minimum atomic E-state index is -4.90. The zero-order chi connectivity index (χ0) is 28.4. The van der Waals surface area contributed by atoms with Gasteiger partial charge in [0.15, 0.2) is 0 Å². The number of thioether (sulfide) groups is 1. The molecular formula is C27H23F5N4O3S. The van der Waals surface area contributed by atoms with E-state index in [1.54, 1.807) is 9.80 Å². The fourth-order valence-corrected chi connectivity index (χ4v) is 6.97. The van der Waals surface area contributed by atoms with Crippen molar-refractivity contribution in [3.63, 3.8) is 0 Å². The average Bonchev–Trinajstić information content (AvgIpc) is 3.09. The van der Waals surface area contributed by atoms with Gasteiger partial charge in [0.25, 0.3) is 0 Å². The van der Waals surface area contributed by atoms with Crippen molar-refractivity contribution in [3.05, 3.63) is 64.6 Å². The molecule has 3 aliphatic rings. The highest BCUT2D eigenvalue weighted by Gasteiger charge is 2.44. The first-order chi connectivity index (χ1) is 19.0. The van der Waals surface area contributed by atoms with Crippen molar-refractivity contribution in [1.82, 2.24) is 14.5 Å². The Morgan fingerprint density at radius 3 is 2.45 bits per heavy atom. The van der Waals surface area contributed by atoms with Crippen LogP contribution in [0.3, 0.4) is 0 Å². The van der Waals surface area contributed by atoms with Crippen LogP contribution in [0.1, 0.15) is 5.56 Å². The molecule has 3 aliphatic heterocycles. The van der Waals surface area contributed by atoms with Crippen molar-refractivity contribution >= 4 is 34.4 Å². The molecule has 0 bridgehead atoms. The molecule has 1 aromatic heterocycles. The average molecular weight is 579 g/mol. The third-order valence-corrected chi connectivity index (χ3v) is 9.05. The normalized spacial score (nSPS) is 18.5. The Balaban J connectivity index is 1.63. The lowest BCUT2D eigenvalue weighted by molar-refractivity contribution is -0.137. The number of aromatic nitrogens is 2. The van der Waals surface area contributed by atoms with Gasteiger partial charge in [-0.15, -0.1) is 11.8 Å². The summed E-state index contributed by atoms with van der Waals surface area (Å²) in [5, 5.41) is 0.0986. The monoisotopic (exact) mass is 578 g/mol. The number of alkyl halides is 3.